The fraction of sp³-hybridized carbons (Fsp3) is 0.684. The number of nitrogens with two attached hydrogens (primary N) is 1. The molecule has 23 heavy (non-hydrogen) atoms. The van der Waals surface area contributed by atoms with E-state index in [-0.39, 0.29) is 0 Å². The molecule has 130 valence electrons. The molecule has 2 N–H and O–H groups in total. The van der Waals surface area contributed by atoms with Crippen LogP contribution in [0.2, 0.25) is 0 Å². The summed E-state index contributed by atoms with van der Waals surface area (Å²) in [6.07, 6.45) is 12.0. The molecule has 0 saturated carbocycles. The van der Waals surface area contributed by atoms with E-state index < -0.39 is 0 Å². The van der Waals surface area contributed by atoms with Crippen LogP contribution in [0, 0.1) is 6.92 Å². The van der Waals surface area contributed by atoms with Crippen molar-refractivity contribution in [2.24, 2.45) is 0 Å². The first-order chi connectivity index (χ1) is 11.1. The molecule has 0 saturated heterocycles. The van der Waals surface area contributed by atoms with Gasteiger partial charge < -0.3 is 10.6 Å². The van der Waals surface area contributed by atoms with E-state index >= 15 is 0 Å². The van der Waals surface area contributed by atoms with Crippen LogP contribution < -0.4 is 10.6 Å². The van der Waals surface area contributed by atoms with Crippen molar-refractivity contribution in [1.82, 2.24) is 9.97 Å². The Kier molecular flexibility index (Phi) is 9.34. The normalized spacial score (nSPS) is 10.7. The third-order valence-corrected chi connectivity index (χ3v) is 4.28. The molecule has 1 aromatic rings. The van der Waals surface area contributed by atoms with Crippen molar-refractivity contribution >= 4 is 11.8 Å². The first kappa shape index (κ1) is 19.5. The van der Waals surface area contributed by atoms with Crippen molar-refractivity contribution < 1.29 is 0 Å². The van der Waals surface area contributed by atoms with Gasteiger partial charge in [-0.3, -0.25) is 0 Å². The quantitative estimate of drug-likeness (QED) is 0.449. The van der Waals surface area contributed by atoms with Crippen molar-refractivity contribution in [3.8, 4) is 0 Å². The minimum Gasteiger partial charge on any atom is -0.383 e. The molecule has 0 fully saturated rings. The van der Waals surface area contributed by atoms with E-state index in [0.717, 1.165) is 30.8 Å². The van der Waals surface area contributed by atoms with E-state index in [1.165, 1.54) is 44.9 Å². The lowest BCUT2D eigenvalue weighted by atomic mass is 10.0. The Morgan fingerprint density at radius 1 is 1.04 bits per heavy atom. The van der Waals surface area contributed by atoms with E-state index in [1.54, 1.807) is 0 Å². The van der Waals surface area contributed by atoms with E-state index in [4.69, 9.17) is 5.73 Å². The molecule has 0 aliphatic heterocycles. The van der Waals surface area contributed by atoms with Crippen LogP contribution >= 0.6 is 0 Å². The van der Waals surface area contributed by atoms with Gasteiger partial charge in [-0.15, -0.1) is 6.58 Å². The highest BCUT2D eigenvalue weighted by molar-refractivity contribution is 5.48. The van der Waals surface area contributed by atoms with Crippen LogP contribution in [0.5, 0.6) is 0 Å². The largest absolute Gasteiger partial charge is 0.383 e. The lowest BCUT2D eigenvalue weighted by molar-refractivity contribution is 0.588. The van der Waals surface area contributed by atoms with Crippen LogP contribution in [0.25, 0.3) is 0 Å². The number of aryl methyl sites for hydroxylation is 1. The van der Waals surface area contributed by atoms with E-state index in [2.05, 4.69) is 35.3 Å². The molecule has 0 unspecified atom stereocenters. The Bertz CT molecular complexity index is 447. The highest BCUT2D eigenvalue weighted by Gasteiger charge is 2.12. The van der Waals surface area contributed by atoms with Gasteiger partial charge in [-0.05, 0) is 26.7 Å². The van der Waals surface area contributed by atoms with Crippen LogP contribution in [0.15, 0.2) is 12.7 Å². The zero-order valence-corrected chi connectivity index (χ0v) is 15.3. The maximum absolute atomic E-state index is 6.19. The van der Waals surface area contributed by atoms with Crippen molar-refractivity contribution in [3.63, 3.8) is 0 Å². The zero-order valence-electron chi connectivity index (χ0n) is 15.3. The number of anilines is 2. The molecular formula is C19H34N4. The average Bonchev–Trinajstić information content (AvgIpc) is 2.53. The van der Waals surface area contributed by atoms with Gasteiger partial charge in [0.05, 0.1) is 0 Å². The Morgan fingerprint density at radius 3 is 2.26 bits per heavy atom. The minimum absolute atomic E-state index is 0.640. The van der Waals surface area contributed by atoms with Crippen molar-refractivity contribution in [1.29, 1.82) is 0 Å². The molecule has 0 aliphatic carbocycles. The van der Waals surface area contributed by atoms with E-state index in [9.17, 15) is 0 Å². The minimum atomic E-state index is 0.640. The van der Waals surface area contributed by atoms with Crippen LogP contribution in [-0.2, 0) is 6.42 Å². The second kappa shape index (κ2) is 11.0. The van der Waals surface area contributed by atoms with E-state index in [0.29, 0.717) is 11.8 Å². The Labute approximate surface area is 142 Å². The molecule has 1 aromatic heterocycles. The van der Waals surface area contributed by atoms with Crippen molar-refractivity contribution in [2.75, 3.05) is 23.7 Å². The standard InChI is InChI=1S/C19H34N4/c1-5-8-9-10-11-12-13-14-17-16(4)21-19(22-18(17)20)23(7-3)15-6-2/h6H,2,5,7-15H2,1,3-4H3,(H2,20,21,22). The number of nitrogens with zero attached hydrogens (tertiary/aromatic N) is 3. The first-order valence-electron chi connectivity index (χ1n) is 9.12. The molecule has 0 bridgehead atoms. The third-order valence-electron chi connectivity index (χ3n) is 4.28. The summed E-state index contributed by atoms with van der Waals surface area (Å²) in [5.74, 6) is 1.35. The summed E-state index contributed by atoms with van der Waals surface area (Å²) in [5.41, 5.74) is 8.32. The topological polar surface area (TPSA) is 55.0 Å². The van der Waals surface area contributed by atoms with Gasteiger partial charge in [0, 0.05) is 24.3 Å². The van der Waals surface area contributed by atoms with Gasteiger partial charge in [0.1, 0.15) is 5.82 Å². The van der Waals surface area contributed by atoms with Gasteiger partial charge in [-0.1, -0.05) is 51.5 Å². The number of hydrogen-bond donors (Lipinski definition) is 1. The van der Waals surface area contributed by atoms with Crippen LogP contribution in [0.4, 0.5) is 11.8 Å². The Hall–Kier alpha value is -1.58. The van der Waals surface area contributed by atoms with Gasteiger partial charge >= 0.3 is 0 Å². The monoisotopic (exact) mass is 318 g/mol. The van der Waals surface area contributed by atoms with Crippen LogP contribution in [0.3, 0.4) is 0 Å². The summed E-state index contributed by atoms with van der Waals surface area (Å²) in [6.45, 7) is 11.8. The Balaban J connectivity index is 2.55. The van der Waals surface area contributed by atoms with Gasteiger partial charge in [0.25, 0.3) is 0 Å². The van der Waals surface area contributed by atoms with Crippen LogP contribution in [0.1, 0.15) is 70.1 Å². The average molecular weight is 319 g/mol. The van der Waals surface area contributed by atoms with Crippen molar-refractivity contribution in [3.05, 3.63) is 23.9 Å². The molecule has 0 amide bonds. The number of nitrogen functional groups attached to an aromatic ring is 1. The summed E-state index contributed by atoms with van der Waals surface area (Å²) in [4.78, 5) is 11.2. The Morgan fingerprint density at radius 2 is 1.70 bits per heavy atom. The molecule has 0 spiro atoms. The summed E-state index contributed by atoms with van der Waals surface area (Å²) in [7, 11) is 0. The van der Waals surface area contributed by atoms with E-state index in [1.807, 2.05) is 13.0 Å². The van der Waals surface area contributed by atoms with Gasteiger partial charge in [-0.25, -0.2) is 4.98 Å². The predicted molar refractivity (Wildman–Crippen MR) is 101 cm³/mol. The predicted octanol–water partition coefficient (Wildman–Crippen LogP) is 4.67. The molecule has 1 rings (SSSR count). The molecule has 0 aromatic carbocycles. The number of aromatic nitrogens is 2. The second-order valence-electron chi connectivity index (χ2n) is 6.17. The first-order valence-corrected chi connectivity index (χ1v) is 9.12. The highest BCUT2D eigenvalue weighted by Crippen LogP contribution is 2.20. The smallest absolute Gasteiger partial charge is 0.227 e. The SMILES string of the molecule is C=CCN(CC)c1nc(C)c(CCCCCCCCC)c(N)n1. The highest BCUT2D eigenvalue weighted by atomic mass is 15.3. The second-order valence-corrected chi connectivity index (χ2v) is 6.17. The van der Waals surface area contributed by atoms with Gasteiger partial charge in [-0.2, -0.15) is 4.98 Å². The summed E-state index contributed by atoms with van der Waals surface area (Å²) >= 11 is 0. The van der Waals surface area contributed by atoms with Gasteiger partial charge in [0.15, 0.2) is 0 Å². The molecule has 0 aliphatic rings. The van der Waals surface area contributed by atoms with Gasteiger partial charge in [0.2, 0.25) is 5.95 Å². The number of hydrogen-bond acceptors (Lipinski definition) is 4. The third kappa shape index (κ3) is 6.59. The number of rotatable bonds is 12. The lowest BCUT2D eigenvalue weighted by Crippen LogP contribution is -2.25. The van der Waals surface area contributed by atoms with Crippen molar-refractivity contribution in [2.45, 2.75) is 72.1 Å². The fourth-order valence-electron chi connectivity index (χ4n) is 2.82. The summed E-state index contributed by atoms with van der Waals surface area (Å²) in [5, 5.41) is 0. The maximum atomic E-state index is 6.19. The summed E-state index contributed by atoms with van der Waals surface area (Å²) < 4.78 is 0. The molecule has 0 radical (unpaired) electrons. The molecule has 4 heteroatoms. The number of unbranched alkanes of at least 4 members (excludes halogenated alkanes) is 6. The zero-order chi connectivity index (χ0) is 17.1. The fourth-order valence-corrected chi connectivity index (χ4v) is 2.82. The number of likely N-dealkylation sites (N-methyl/N-ethyl adjacent to an activating group) is 1. The molecule has 1 heterocycles. The molecule has 0 atom stereocenters. The maximum Gasteiger partial charge on any atom is 0.227 e. The molecule has 4 nitrogen and oxygen atoms in total. The lowest BCUT2D eigenvalue weighted by Gasteiger charge is -2.20. The summed E-state index contributed by atoms with van der Waals surface area (Å²) in [6, 6.07) is 0. The molecular weight excluding hydrogens is 284 g/mol. The van der Waals surface area contributed by atoms with Crippen LogP contribution in [-0.4, -0.2) is 23.1 Å².